The van der Waals surface area contributed by atoms with E-state index in [1.807, 2.05) is 12.1 Å². The molecule has 4 unspecified atom stereocenters. The number of halogens is 1. The summed E-state index contributed by atoms with van der Waals surface area (Å²) in [6.07, 6.45) is 11.5. The molecule has 1 saturated carbocycles. The van der Waals surface area contributed by atoms with Crippen LogP contribution >= 0.6 is 11.6 Å². The number of sulfone groups is 1. The minimum Gasteiger partial charge on any atom is -0.376 e. The summed E-state index contributed by atoms with van der Waals surface area (Å²) in [6, 6.07) is 9.08. The maximum atomic E-state index is 11.6. The molecule has 0 spiro atoms. The molecular formula is C28H40ClNO3S. The predicted molar refractivity (Wildman–Crippen MR) is 140 cm³/mol. The Hall–Kier alpha value is -1.43. The van der Waals surface area contributed by atoms with Crippen molar-refractivity contribution in [2.75, 3.05) is 12.9 Å². The summed E-state index contributed by atoms with van der Waals surface area (Å²) in [6.45, 7) is 8.13. The highest BCUT2D eigenvalue weighted by molar-refractivity contribution is 7.90. The van der Waals surface area contributed by atoms with E-state index in [9.17, 15) is 8.42 Å². The number of aromatic nitrogens is 1. The minimum absolute atomic E-state index is 0.354. The first kappa shape index (κ1) is 27.2. The van der Waals surface area contributed by atoms with Gasteiger partial charge in [0.1, 0.15) is 0 Å². The van der Waals surface area contributed by atoms with E-state index in [2.05, 4.69) is 26.8 Å². The van der Waals surface area contributed by atoms with Crippen LogP contribution < -0.4 is 0 Å². The first-order chi connectivity index (χ1) is 16.2. The van der Waals surface area contributed by atoms with E-state index in [0.29, 0.717) is 29.3 Å². The van der Waals surface area contributed by atoms with Crippen molar-refractivity contribution >= 4 is 21.4 Å². The number of benzene rings is 1. The van der Waals surface area contributed by atoms with Crippen LogP contribution in [0.2, 0.25) is 5.02 Å². The molecule has 1 heterocycles. The van der Waals surface area contributed by atoms with E-state index >= 15 is 0 Å². The van der Waals surface area contributed by atoms with E-state index < -0.39 is 9.84 Å². The topological polar surface area (TPSA) is 56.3 Å². The molecule has 1 aromatic heterocycles. The molecular weight excluding hydrogens is 466 g/mol. The lowest BCUT2D eigenvalue weighted by atomic mass is 9.81. The summed E-state index contributed by atoms with van der Waals surface area (Å²) >= 11 is 6.18. The molecule has 1 aliphatic rings. The second-order valence-electron chi connectivity index (χ2n) is 10.0. The number of pyridine rings is 1. The summed E-state index contributed by atoms with van der Waals surface area (Å²) in [7, 11) is -3.15. The number of aryl methyl sites for hydroxylation is 1. The highest BCUT2D eigenvalue weighted by atomic mass is 35.5. The standard InChI is InChI=1S/C28H40ClNO3S/c1-5-8-23(20(3)28-22(6-2)16-26(29)17-30-28)9-7-10-24-15-25(24)19-33-18-21-11-13-27(14-12-21)34(4,31)32/h11-14,16-17,20,23-25H,5-10,15,18-19H2,1-4H3. The fraction of sp³-hybridized carbons (Fsp3) is 0.607. The third-order valence-electron chi connectivity index (χ3n) is 7.32. The lowest BCUT2D eigenvalue weighted by molar-refractivity contribution is 0.107. The van der Waals surface area contributed by atoms with E-state index in [-0.39, 0.29) is 0 Å². The Morgan fingerprint density at radius 3 is 2.53 bits per heavy atom. The highest BCUT2D eigenvalue weighted by Gasteiger charge is 2.36. The Morgan fingerprint density at radius 1 is 1.15 bits per heavy atom. The van der Waals surface area contributed by atoms with Crippen LogP contribution in [0.5, 0.6) is 0 Å². The Balaban J connectivity index is 1.40. The third-order valence-corrected chi connectivity index (χ3v) is 8.65. The van der Waals surface area contributed by atoms with Gasteiger partial charge >= 0.3 is 0 Å². The Bertz CT molecular complexity index is 1020. The van der Waals surface area contributed by atoms with Crippen LogP contribution in [0.3, 0.4) is 0 Å². The zero-order valence-corrected chi connectivity index (χ0v) is 22.7. The second kappa shape index (κ2) is 12.5. The summed E-state index contributed by atoms with van der Waals surface area (Å²) in [5.41, 5.74) is 3.53. The van der Waals surface area contributed by atoms with Crippen molar-refractivity contribution in [1.82, 2.24) is 4.98 Å². The maximum absolute atomic E-state index is 11.6. The SMILES string of the molecule is CCCC(CCCC1CC1COCc1ccc(S(C)(=O)=O)cc1)C(C)c1ncc(Cl)cc1CC. The zero-order valence-electron chi connectivity index (χ0n) is 21.1. The molecule has 2 aromatic rings. The van der Waals surface area contributed by atoms with Crippen molar-refractivity contribution < 1.29 is 13.2 Å². The molecule has 0 saturated heterocycles. The fourth-order valence-electron chi connectivity index (χ4n) is 5.09. The maximum Gasteiger partial charge on any atom is 0.175 e. The fourth-order valence-corrected chi connectivity index (χ4v) is 5.91. The van der Waals surface area contributed by atoms with E-state index in [4.69, 9.17) is 21.3 Å². The van der Waals surface area contributed by atoms with Gasteiger partial charge in [0.15, 0.2) is 9.84 Å². The van der Waals surface area contributed by atoms with Gasteiger partial charge in [-0.1, -0.05) is 70.2 Å². The van der Waals surface area contributed by atoms with Crippen LogP contribution in [0.1, 0.15) is 82.0 Å². The second-order valence-corrected chi connectivity index (χ2v) is 12.5. The van der Waals surface area contributed by atoms with Crippen LogP contribution in [0.4, 0.5) is 0 Å². The van der Waals surface area contributed by atoms with Crippen molar-refractivity contribution in [1.29, 1.82) is 0 Å². The molecule has 0 aliphatic heterocycles. The van der Waals surface area contributed by atoms with Gasteiger partial charge in [-0.2, -0.15) is 0 Å². The van der Waals surface area contributed by atoms with Crippen LogP contribution in [0, 0.1) is 17.8 Å². The normalized spacial score (nSPS) is 19.7. The predicted octanol–water partition coefficient (Wildman–Crippen LogP) is 7.24. The van der Waals surface area contributed by atoms with Gasteiger partial charge in [-0.3, -0.25) is 4.98 Å². The first-order valence-electron chi connectivity index (χ1n) is 12.7. The Morgan fingerprint density at radius 2 is 1.88 bits per heavy atom. The first-order valence-corrected chi connectivity index (χ1v) is 15.0. The highest BCUT2D eigenvalue weighted by Crippen LogP contribution is 2.43. The zero-order chi connectivity index (χ0) is 24.7. The van der Waals surface area contributed by atoms with E-state index in [0.717, 1.165) is 29.5 Å². The van der Waals surface area contributed by atoms with Gasteiger partial charge < -0.3 is 4.74 Å². The van der Waals surface area contributed by atoms with Gasteiger partial charge in [0.05, 0.1) is 23.1 Å². The summed E-state index contributed by atoms with van der Waals surface area (Å²) < 4.78 is 29.1. The number of hydrogen-bond donors (Lipinski definition) is 0. The molecule has 1 fully saturated rings. The molecule has 1 aliphatic carbocycles. The van der Waals surface area contributed by atoms with Crippen LogP contribution in [0.25, 0.3) is 0 Å². The van der Waals surface area contributed by atoms with Gasteiger partial charge in [-0.15, -0.1) is 0 Å². The van der Waals surface area contributed by atoms with Crippen molar-refractivity contribution in [3.8, 4) is 0 Å². The number of ether oxygens (including phenoxy) is 1. The van der Waals surface area contributed by atoms with Gasteiger partial charge in [0.25, 0.3) is 0 Å². The largest absolute Gasteiger partial charge is 0.376 e. The lowest BCUT2D eigenvalue weighted by Crippen LogP contribution is -2.14. The van der Waals surface area contributed by atoms with Gasteiger partial charge in [0, 0.05) is 24.1 Å². The van der Waals surface area contributed by atoms with Crippen molar-refractivity contribution in [3.05, 3.63) is 58.4 Å². The molecule has 4 atom stereocenters. The quantitative estimate of drug-likeness (QED) is 0.271. The average molecular weight is 506 g/mol. The molecule has 4 nitrogen and oxygen atoms in total. The van der Waals surface area contributed by atoms with Crippen molar-refractivity contribution in [2.45, 2.75) is 83.1 Å². The smallest absolute Gasteiger partial charge is 0.175 e. The molecule has 0 amide bonds. The van der Waals surface area contributed by atoms with Gasteiger partial charge in [-0.25, -0.2) is 8.42 Å². The summed E-state index contributed by atoms with van der Waals surface area (Å²) in [4.78, 5) is 5.07. The molecule has 0 radical (unpaired) electrons. The lowest BCUT2D eigenvalue weighted by Gasteiger charge is -2.25. The molecule has 1 aromatic carbocycles. The number of nitrogens with zero attached hydrogens (tertiary/aromatic N) is 1. The number of rotatable bonds is 14. The van der Waals surface area contributed by atoms with Gasteiger partial charge in [0.2, 0.25) is 0 Å². The molecule has 188 valence electrons. The van der Waals surface area contributed by atoms with Crippen LogP contribution in [-0.4, -0.2) is 26.3 Å². The summed E-state index contributed by atoms with van der Waals surface area (Å²) in [5, 5.41) is 0.729. The molecule has 0 N–H and O–H groups in total. The molecule has 3 rings (SSSR count). The van der Waals surface area contributed by atoms with E-state index in [1.165, 1.54) is 56.0 Å². The molecule has 6 heteroatoms. The van der Waals surface area contributed by atoms with Crippen molar-refractivity contribution in [2.24, 2.45) is 17.8 Å². The van der Waals surface area contributed by atoms with Crippen LogP contribution in [-0.2, 0) is 27.6 Å². The third kappa shape index (κ3) is 7.79. The van der Waals surface area contributed by atoms with Gasteiger partial charge in [-0.05, 0) is 66.3 Å². The number of hydrogen-bond acceptors (Lipinski definition) is 4. The average Bonchev–Trinajstić information content (AvgIpc) is 3.55. The molecule has 34 heavy (non-hydrogen) atoms. The Labute approximate surface area is 211 Å². The summed E-state index contributed by atoms with van der Waals surface area (Å²) in [5.74, 6) is 2.57. The molecule has 0 bridgehead atoms. The monoisotopic (exact) mass is 505 g/mol. The van der Waals surface area contributed by atoms with Crippen molar-refractivity contribution in [3.63, 3.8) is 0 Å². The minimum atomic E-state index is -3.15. The van der Waals surface area contributed by atoms with Crippen LogP contribution in [0.15, 0.2) is 41.4 Å². The van der Waals surface area contributed by atoms with E-state index in [1.54, 1.807) is 18.3 Å². The Kier molecular flexibility index (Phi) is 9.99.